The number of nitrogens with one attached hydrogen (secondary N) is 1. The monoisotopic (exact) mass is 712 g/mol. The Morgan fingerprint density at radius 2 is 1.80 bits per heavy atom. The van der Waals surface area contributed by atoms with E-state index in [1.54, 1.807) is 5.32 Å². The summed E-state index contributed by atoms with van der Waals surface area (Å²) in [6, 6.07) is 2.52. The Morgan fingerprint density at radius 3 is 2.42 bits per heavy atom. The molecule has 2 aliphatic carbocycles. The van der Waals surface area contributed by atoms with E-state index in [2.05, 4.69) is 5.16 Å². The van der Waals surface area contributed by atoms with E-state index in [4.69, 9.17) is 24.2 Å². The molecule has 1 aliphatic heterocycles. The van der Waals surface area contributed by atoms with Gasteiger partial charge in [-0.2, -0.15) is 13.2 Å². The number of aliphatic hydroxyl groups is 3. The molecule has 0 saturated carbocycles. The number of carbonyl (C=O) groups is 4. The molecule has 5 rings (SSSR count). The molecule has 0 bridgehead atoms. The minimum absolute atomic E-state index is 0.0226. The Balaban J connectivity index is 1.64. The van der Waals surface area contributed by atoms with Crippen molar-refractivity contribution in [3.05, 3.63) is 51.6 Å². The predicted molar refractivity (Wildman–Crippen MR) is 158 cm³/mol. The number of methoxy groups -OCH3 is 1. The Morgan fingerprint density at radius 1 is 1.12 bits per heavy atom. The van der Waals surface area contributed by atoms with Gasteiger partial charge in [0.2, 0.25) is 12.4 Å². The molecule has 1 fully saturated rings. The van der Waals surface area contributed by atoms with Gasteiger partial charge in [-0.15, -0.1) is 0 Å². The van der Waals surface area contributed by atoms with E-state index in [-0.39, 0.29) is 28.0 Å². The maximum Gasteiger partial charge on any atom is 0.471 e. The standard InChI is InChI=1S/C31H31F3N2O14/c1-11-24(40)14(35-29(45)31(32,33)34)6-19(49-11)50-16-8-30(46,17(9-37)36-48-10-18(38)39)7-13-21(16)28(44)23-22(26(13)42)25(41)12-4-3-5-15(47-2)20(12)27(23)43/h3-5,11,14,16,19,24,37,40,42,44,46H,6-10H2,1-2H3,(H,35,45)(H,38,39)/b36-17+. The zero-order valence-electron chi connectivity index (χ0n) is 26.2. The van der Waals surface area contributed by atoms with Crippen LogP contribution in [0.5, 0.6) is 17.2 Å². The fourth-order valence-electron chi connectivity index (χ4n) is 6.40. The predicted octanol–water partition coefficient (Wildman–Crippen LogP) is 0.609. The normalized spacial score (nSPS) is 26.4. The number of aliphatic carboxylic acids is 1. The number of alkyl halides is 3. The Kier molecular flexibility index (Phi) is 9.83. The van der Waals surface area contributed by atoms with E-state index in [0.29, 0.717) is 0 Å². The van der Waals surface area contributed by atoms with Crippen molar-refractivity contribution >= 4 is 29.2 Å². The number of aromatic hydroxyl groups is 2. The molecule has 2 aromatic carbocycles. The maximum absolute atomic E-state index is 13.9. The number of rotatable bonds is 9. The highest BCUT2D eigenvalue weighted by molar-refractivity contribution is 6.31. The van der Waals surface area contributed by atoms with E-state index in [1.807, 2.05) is 0 Å². The lowest BCUT2D eigenvalue weighted by molar-refractivity contribution is -0.249. The quantitative estimate of drug-likeness (QED) is 0.0913. The van der Waals surface area contributed by atoms with Crippen LogP contribution >= 0.6 is 0 Å². The second-order valence-electron chi connectivity index (χ2n) is 11.9. The van der Waals surface area contributed by atoms with Crippen LogP contribution in [0, 0.1) is 0 Å². The summed E-state index contributed by atoms with van der Waals surface area (Å²) in [6.45, 7) is -0.769. The van der Waals surface area contributed by atoms with Crippen molar-refractivity contribution in [1.82, 2.24) is 5.32 Å². The molecular formula is C31H31F3N2O14. The number of nitrogens with zero attached hydrogens (tertiary/aromatic N) is 1. The van der Waals surface area contributed by atoms with Gasteiger partial charge in [0.05, 0.1) is 48.7 Å². The van der Waals surface area contributed by atoms with Crippen LogP contribution in [0.25, 0.3) is 0 Å². The molecule has 0 aromatic heterocycles. The zero-order valence-corrected chi connectivity index (χ0v) is 26.2. The summed E-state index contributed by atoms with van der Waals surface area (Å²) in [4.78, 5) is 55.0. The lowest BCUT2D eigenvalue weighted by Gasteiger charge is -2.43. The van der Waals surface area contributed by atoms with Gasteiger partial charge in [-0.1, -0.05) is 17.3 Å². The van der Waals surface area contributed by atoms with Crippen LogP contribution in [0.4, 0.5) is 13.2 Å². The number of phenols is 2. The first-order chi connectivity index (χ1) is 23.4. The molecule has 7 N–H and O–H groups in total. The fraction of sp³-hybridized carbons (Fsp3) is 0.452. The second kappa shape index (κ2) is 13.5. The summed E-state index contributed by atoms with van der Waals surface area (Å²) in [5, 5.41) is 69.8. The Bertz CT molecular complexity index is 1780. The number of aliphatic hydroxyl groups excluding tert-OH is 2. The van der Waals surface area contributed by atoms with Gasteiger partial charge in [0.1, 0.15) is 34.7 Å². The molecule has 6 atom stereocenters. The lowest BCUT2D eigenvalue weighted by Crippen LogP contribution is -2.57. The van der Waals surface area contributed by atoms with Crippen LogP contribution in [0.15, 0.2) is 23.4 Å². The summed E-state index contributed by atoms with van der Waals surface area (Å²) in [7, 11) is 1.24. The average Bonchev–Trinajstić information content (AvgIpc) is 3.04. The second-order valence-corrected chi connectivity index (χ2v) is 11.9. The first-order valence-corrected chi connectivity index (χ1v) is 14.9. The Labute approximate surface area is 279 Å². The number of ketones is 2. The summed E-state index contributed by atoms with van der Waals surface area (Å²) < 4.78 is 56.0. The van der Waals surface area contributed by atoms with E-state index >= 15 is 0 Å². The first kappa shape index (κ1) is 36.5. The average molecular weight is 713 g/mol. The third kappa shape index (κ3) is 6.44. The molecule has 1 heterocycles. The van der Waals surface area contributed by atoms with Crippen molar-refractivity contribution in [3.8, 4) is 17.2 Å². The van der Waals surface area contributed by atoms with Crippen molar-refractivity contribution in [1.29, 1.82) is 0 Å². The summed E-state index contributed by atoms with van der Waals surface area (Å²) >= 11 is 0. The van der Waals surface area contributed by atoms with Gasteiger partial charge < -0.3 is 55.0 Å². The highest BCUT2D eigenvalue weighted by Crippen LogP contribution is 2.52. The number of carboxylic acid groups (broad SMARTS) is 1. The van der Waals surface area contributed by atoms with Crippen molar-refractivity contribution in [2.45, 2.75) is 68.6 Å². The van der Waals surface area contributed by atoms with Crippen molar-refractivity contribution in [2.24, 2.45) is 5.16 Å². The minimum atomic E-state index is -5.30. The number of halogens is 3. The number of ether oxygens (including phenoxy) is 3. The molecule has 6 unspecified atom stereocenters. The number of oxime groups is 1. The Hall–Kier alpha value is -4.82. The van der Waals surface area contributed by atoms with Gasteiger partial charge in [0.15, 0.2) is 12.1 Å². The van der Waals surface area contributed by atoms with E-state index in [1.165, 1.54) is 32.2 Å². The molecule has 3 aliphatic rings. The highest BCUT2D eigenvalue weighted by Gasteiger charge is 2.50. The highest BCUT2D eigenvalue weighted by atomic mass is 19.4. The number of carboxylic acids is 1. The summed E-state index contributed by atoms with van der Waals surface area (Å²) in [6.07, 6.45) is -13.5. The van der Waals surface area contributed by atoms with Gasteiger partial charge in [-0.05, 0) is 13.0 Å². The van der Waals surface area contributed by atoms with Crippen molar-refractivity contribution in [2.75, 3.05) is 20.3 Å². The third-order valence-electron chi connectivity index (χ3n) is 8.72. The van der Waals surface area contributed by atoms with E-state index in [0.717, 1.165) is 0 Å². The zero-order chi connectivity index (χ0) is 36.9. The van der Waals surface area contributed by atoms with Crippen LogP contribution in [0.2, 0.25) is 0 Å². The largest absolute Gasteiger partial charge is 0.507 e. The van der Waals surface area contributed by atoms with E-state index < -0.39 is 127 Å². The number of benzene rings is 2. The smallest absolute Gasteiger partial charge is 0.471 e. The van der Waals surface area contributed by atoms with Crippen LogP contribution in [-0.4, -0.2) is 116 Å². The maximum atomic E-state index is 13.9. The number of hydrogen-bond donors (Lipinski definition) is 7. The molecule has 270 valence electrons. The van der Waals surface area contributed by atoms with Gasteiger partial charge in [0.25, 0.3) is 0 Å². The molecule has 1 saturated heterocycles. The molecule has 1 amide bonds. The number of carbonyl (C=O) groups excluding carboxylic acids is 3. The summed E-state index contributed by atoms with van der Waals surface area (Å²) in [5.74, 6) is -7.42. The van der Waals surface area contributed by atoms with Gasteiger partial charge >= 0.3 is 18.1 Å². The third-order valence-corrected chi connectivity index (χ3v) is 8.72. The van der Waals surface area contributed by atoms with Crippen LogP contribution < -0.4 is 10.1 Å². The van der Waals surface area contributed by atoms with Crippen LogP contribution in [0.1, 0.15) is 68.8 Å². The fourth-order valence-corrected chi connectivity index (χ4v) is 6.40. The molecule has 0 radical (unpaired) electrons. The molecule has 2 aromatic rings. The van der Waals surface area contributed by atoms with Crippen molar-refractivity contribution < 1.29 is 82.0 Å². The molecule has 16 nitrogen and oxygen atoms in total. The number of fused-ring (bicyclic) bond motifs is 3. The van der Waals surface area contributed by atoms with Crippen LogP contribution in [-0.2, 0) is 30.3 Å². The van der Waals surface area contributed by atoms with Crippen molar-refractivity contribution in [3.63, 3.8) is 0 Å². The van der Waals surface area contributed by atoms with Crippen LogP contribution in [0.3, 0.4) is 0 Å². The molecular weight excluding hydrogens is 681 g/mol. The minimum Gasteiger partial charge on any atom is -0.507 e. The van der Waals surface area contributed by atoms with Gasteiger partial charge in [-0.3, -0.25) is 14.4 Å². The topological polar surface area (TPSA) is 251 Å². The number of phenolic OH excluding ortho intramolecular Hbond substituents is 2. The SMILES string of the molecule is COc1cccc2c1C(=O)c1c(O)c3c(c(O)c1C2=O)CC(O)(/C(CO)=N/OCC(=O)O)CC3OC1CC(NC(=O)C(F)(F)F)C(O)C(C)O1. The number of amides is 1. The lowest BCUT2D eigenvalue weighted by atomic mass is 9.71. The van der Waals surface area contributed by atoms with Gasteiger partial charge in [0, 0.05) is 36.0 Å². The van der Waals surface area contributed by atoms with E-state index in [9.17, 15) is 57.9 Å². The molecule has 0 spiro atoms. The molecule has 50 heavy (non-hydrogen) atoms. The summed E-state index contributed by atoms with van der Waals surface area (Å²) in [5.41, 5.74) is -5.38. The first-order valence-electron chi connectivity index (χ1n) is 14.9. The van der Waals surface area contributed by atoms with Gasteiger partial charge in [-0.25, -0.2) is 4.79 Å². The number of hydrogen-bond acceptors (Lipinski definition) is 14. The molecule has 19 heteroatoms.